The van der Waals surface area contributed by atoms with Gasteiger partial charge in [-0.15, -0.1) is 0 Å². The number of rotatable bonds is 4. The summed E-state index contributed by atoms with van der Waals surface area (Å²) in [7, 11) is 0. The van der Waals surface area contributed by atoms with Gasteiger partial charge in [0.1, 0.15) is 11.6 Å². The second kappa shape index (κ2) is 6.74. The van der Waals surface area contributed by atoms with Crippen molar-refractivity contribution in [1.29, 1.82) is 0 Å². The molecule has 0 fully saturated rings. The predicted octanol–water partition coefficient (Wildman–Crippen LogP) is 3.75. The third kappa shape index (κ3) is 3.40. The second-order valence-electron chi connectivity index (χ2n) is 5.26. The Bertz CT molecular complexity index is 767. The number of nitrogens with one attached hydrogen (secondary N) is 1. The first-order valence-electron chi connectivity index (χ1n) is 7.46. The molecule has 0 bridgehead atoms. The Morgan fingerprint density at radius 2 is 1.96 bits per heavy atom. The molecule has 126 valence electrons. The van der Waals surface area contributed by atoms with Crippen LogP contribution in [0.3, 0.4) is 0 Å². The third-order valence-electron chi connectivity index (χ3n) is 3.65. The summed E-state index contributed by atoms with van der Waals surface area (Å²) in [6.45, 7) is 2.68. The van der Waals surface area contributed by atoms with Crippen LogP contribution >= 0.6 is 0 Å². The molecule has 5 nitrogen and oxygen atoms in total. The Hall–Kier alpha value is -2.83. The lowest BCUT2D eigenvalue weighted by Gasteiger charge is -2.22. The van der Waals surface area contributed by atoms with Crippen LogP contribution in [0.2, 0.25) is 0 Å². The van der Waals surface area contributed by atoms with Crippen LogP contribution in [0.25, 0.3) is 0 Å². The molecule has 1 N–H and O–H groups in total. The molecule has 0 aliphatic carbocycles. The Balaban J connectivity index is 1.71. The minimum Gasteiger partial charge on any atom is -0.454 e. The number of fused-ring (bicyclic) bond motifs is 1. The molecule has 2 aromatic carbocycles. The summed E-state index contributed by atoms with van der Waals surface area (Å²) in [5.74, 6) is -0.0254. The molecule has 0 radical (unpaired) electrons. The largest absolute Gasteiger partial charge is 0.454 e. The zero-order valence-electron chi connectivity index (χ0n) is 13.0. The van der Waals surface area contributed by atoms with Gasteiger partial charge in [-0.05, 0) is 36.8 Å². The number of urea groups is 1. The average molecular weight is 334 g/mol. The maximum Gasteiger partial charge on any atom is 0.322 e. The van der Waals surface area contributed by atoms with Crippen molar-refractivity contribution in [1.82, 2.24) is 4.90 Å². The number of hydrogen-bond donors (Lipinski definition) is 1. The number of ether oxygens (including phenoxy) is 2. The van der Waals surface area contributed by atoms with E-state index in [0.717, 1.165) is 23.8 Å². The van der Waals surface area contributed by atoms with Crippen LogP contribution in [0, 0.1) is 11.6 Å². The Kier molecular flexibility index (Phi) is 4.50. The number of amides is 2. The van der Waals surface area contributed by atoms with E-state index in [1.165, 1.54) is 4.90 Å². The highest BCUT2D eigenvalue weighted by molar-refractivity contribution is 5.89. The number of anilines is 1. The topological polar surface area (TPSA) is 50.8 Å². The van der Waals surface area contributed by atoms with E-state index < -0.39 is 17.7 Å². The predicted molar refractivity (Wildman–Crippen MR) is 84.0 cm³/mol. The molecule has 0 aromatic heterocycles. The summed E-state index contributed by atoms with van der Waals surface area (Å²) < 4.78 is 37.4. The SMILES string of the molecule is CCN(Cc1ccc2c(c1)OCO2)C(=O)Nc1cc(F)ccc1F. The number of carbonyl (C=O) groups is 1. The van der Waals surface area contributed by atoms with Crippen LogP contribution in [0.5, 0.6) is 11.5 Å². The summed E-state index contributed by atoms with van der Waals surface area (Å²) >= 11 is 0. The van der Waals surface area contributed by atoms with Crippen molar-refractivity contribution in [3.05, 3.63) is 53.6 Å². The van der Waals surface area contributed by atoms with Crippen molar-refractivity contribution >= 4 is 11.7 Å². The highest BCUT2D eigenvalue weighted by Crippen LogP contribution is 2.32. The number of hydrogen-bond acceptors (Lipinski definition) is 3. The third-order valence-corrected chi connectivity index (χ3v) is 3.65. The highest BCUT2D eigenvalue weighted by atomic mass is 19.1. The fraction of sp³-hybridized carbons (Fsp3) is 0.235. The standard InChI is InChI=1S/C17H16F2N2O3/c1-2-21(9-11-3-6-15-16(7-11)24-10-23-15)17(22)20-14-8-12(18)4-5-13(14)19/h3-8H,2,9-10H2,1H3,(H,20,22). The maximum atomic E-state index is 13.6. The van der Waals surface area contributed by atoms with Crippen molar-refractivity contribution in [3.8, 4) is 11.5 Å². The molecular formula is C17H16F2N2O3. The number of benzene rings is 2. The maximum absolute atomic E-state index is 13.6. The fourth-order valence-corrected chi connectivity index (χ4v) is 2.37. The van der Waals surface area contributed by atoms with E-state index in [4.69, 9.17) is 9.47 Å². The van der Waals surface area contributed by atoms with Crippen molar-refractivity contribution in [2.75, 3.05) is 18.7 Å². The van der Waals surface area contributed by atoms with E-state index in [0.29, 0.717) is 24.6 Å². The molecule has 0 saturated heterocycles. The van der Waals surface area contributed by atoms with Crippen molar-refractivity contribution < 1.29 is 23.0 Å². The molecule has 2 amide bonds. The van der Waals surface area contributed by atoms with Crippen LogP contribution < -0.4 is 14.8 Å². The van der Waals surface area contributed by atoms with Gasteiger partial charge in [-0.25, -0.2) is 13.6 Å². The molecule has 0 atom stereocenters. The first-order chi connectivity index (χ1) is 11.6. The highest BCUT2D eigenvalue weighted by Gasteiger charge is 2.17. The zero-order valence-corrected chi connectivity index (χ0v) is 13.0. The van der Waals surface area contributed by atoms with E-state index in [9.17, 15) is 13.6 Å². The molecule has 0 saturated carbocycles. The number of nitrogens with zero attached hydrogens (tertiary/aromatic N) is 1. The molecule has 7 heteroatoms. The molecule has 0 spiro atoms. The minimum absolute atomic E-state index is 0.176. The van der Waals surface area contributed by atoms with E-state index in [-0.39, 0.29) is 12.5 Å². The minimum atomic E-state index is -0.691. The van der Waals surface area contributed by atoms with Crippen LogP contribution in [-0.2, 0) is 6.54 Å². The van der Waals surface area contributed by atoms with Gasteiger partial charge in [-0.2, -0.15) is 0 Å². The molecule has 0 unspecified atom stereocenters. The van der Waals surface area contributed by atoms with Gasteiger partial charge in [-0.3, -0.25) is 0 Å². The lowest BCUT2D eigenvalue weighted by Crippen LogP contribution is -2.34. The van der Waals surface area contributed by atoms with Gasteiger partial charge in [-0.1, -0.05) is 6.07 Å². The van der Waals surface area contributed by atoms with Crippen LogP contribution in [0.15, 0.2) is 36.4 Å². The molecule has 24 heavy (non-hydrogen) atoms. The van der Waals surface area contributed by atoms with E-state index >= 15 is 0 Å². The number of carbonyl (C=O) groups excluding carboxylic acids is 1. The van der Waals surface area contributed by atoms with Gasteiger partial charge in [0.2, 0.25) is 6.79 Å². The molecule has 3 rings (SSSR count). The summed E-state index contributed by atoms with van der Waals surface area (Å²) in [6, 6.07) is 7.79. The van der Waals surface area contributed by atoms with Crippen molar-refractivity contribution in [2.24, 2.45) is 0 Å². The Labute approximate surface area is 137 Å². The lowest BCUT2D eigenvalue weighted by molar-refractivity contribution is 0.174. The van der Waals surface area contributed by atoms with Gasteiger partial charge in [0.05, 0.1) is 5.69 Å². The number of halogens is 2. The summed E-state index contributed by atoms with van der Waals surface area (Å²) in [6.07, 6.45) is 0. The van der Waals surface area contributed by atoms with Gasteiger partial charge in [0, 0.05) is 19.2 Å². The van der Waals surface area contributed by atoms with Gasteiger partial charge >= 0.3 is 6.03 Å². The van der Waals surface area contributed by atoms with E-state index in [1.807, 2.05) is 6.07 Å². The van der Waals surface area contributed by atoms with Crippen molar-refractivity contribution in [3.63, 3.8) is 0 Å². The van der Waals surface area contributed by atoms with Gasteiger partial charge in [0.15, 0.2) is 11.5 Å². The second-order valence-corrected chi connectivity index (χ2v) is 5.26. The van der Waals surface area contributed by atoms with Gasteiger partial charge < -0.3 is 19.7 Å². The van der Waals surface area contributed by atoms with E-state index in [2.05, 4.69) is 5.32 Å². The summed E-state index contributed by atoms with van der Waals surface area (Å²) in [5, 5.41) is 2.39. The Morgan fingerprint density at radius 1 is 1.17 bits per heavy atom. The summed E-state index contributed by atoms with van der Waals surface area (Å²) in [5.41, 5.74) is 0.653. The van der Waals surface area contributed by atoms with Crippen LogP contribution in [0.1, 0.15) is 12.5 Å². The Morgan fingerprint density at radius 3 is 2.75 bits per heavy atom. The zero-order chi connectivity index (χ0) is 17.1. The normalized spacial score (nSPS) is 12.1. The lowest BCUT2D eigenvalue weighted by atomic mass is 10.2. The molecule has 1 aliphatic rings. The monoisotopic (exact) mass is 334 g/mol. The fourth-order valence-electron chi connectivity index (χ4n) is 2.37. The van der Waals surface area contributed by atoms with E-state index in [1.54, 1.807) is 19.1 Å². The smallest absolute Gasteiger partial charge is 0.322 e. The molecular weight excluding hydrogens is 318 g/mol. The quantitative estimate of drug-likeness (QED) is 0.926. The van der Waals surface area contributed by atoms with Gasteiger partial charge in [0.25, 0.3) is 0 Å². The van der Waals surface area contributed by atoms with Crippen LogP contribution in [-0.4, -0.2) is 24.3 Å². The first-order valence-corrected chi connectivity index (χ1v) is 7.46. The average Bonchev–Trinajstić information content (AvgIpc) is 3.03. The van der Waals surface area contributed by atoms with Crippen LogP contribution in [0.4, 0.5) is 19.3 Å². The first kappa shape index (κ1) is 16.0. The molecule has 1 aliphatic heterocycles. The van der Waals surface area contributed by atoms with Crippen molar-refractivity contribution in [2.45, 2.75) is 13.5 Å². The summed E-state index contributed by atoms with van der Waals surface area (Å²) in [4.78, 5) is 13.8. The molecule has 1 heterocycles. The molecule has 2 aromatic rings.